The van der Waals surface area contributed by atoms with Crippen molar-refractivity contribution in [3.05, 3.63) is 0 Å². The molecule has 1 saturated heterocycles. The third-order valence-corrected chi connectivity index (χ3v) is 5.50. The molecule has 1 aliphatic heterocycles. The van der Waals surface area contributed by atoms with E-state index in [1.54, 1.807) is 0 Å². The molecule has 18 heavy (non-hydrogen) atoms. The van der Waals surface area contributed by atoms with E-state index in [0.717, 1.165) is 44.3 Å². The molecule has 3 heteroatoms. The first-order valence-corrected chi connectivity index (χ1v) is 8.21. The molecule has 106 valence electrons. The monoisotopic (exact) mass is 272 g/mol. The quantitative estimate of drug-likeness (QED) is 0.769. The standard InChI is InChI=1S/C15H28O2S/c1-2-13-4-3-5-14(10-13)17-11-15(12-18)6-8-16-9-7-15/h13-14,18H,2-12H2,1H3. The number of thiol groups is 1. The van der Waals surface area contributed by atoms with Crippen molar-refractivity contribution in [1.29, 1.82) is 0 Å². The highest BCUT2D eigenvalue weighted by Crippen LogP contribution is 2.35. The molecule has 2 aliphatic rings. The summed E-state index contributed by atoms with van der Waals surface area (Å²) in [7, 11) is 0. The van der Waals surface area contributed by atoms with E-state index in [-0.39, 0.29) is 5.41 Å². The molecule has 0 aromatic carbocycles. The number of hydrogen-bond donors (Lipinski definition) is 1. The summed E-state index contributed by atoms with van der Waals surface area (Å²) in [4.78, 5) is 0. The van der Waals surface area contributed by atoms with Crippen LogP contribution in [0.4, 0.5) is 0 Å². The van der Waals surface area contributed by atoms with Crippen LogP contribution in [0.1, 0.15) is 51.9 Å². The largest absolute Gasteiger partial charge is 0.381 e. The Hall–Kier alpha value is 0.270. The van der Waals surface area contributed by atoms with Crippen molar-refractivity contribution >= 4 is 12.6 Å². The molecule has 0 radical (unpaired) electrons. The van der Waals surface area contributed by atoms with E-state index in [9.17, 15) is 0 Å². The fourth-order valence-corrected chi connectivity index (χ4v) is 3.62. The van der Waals surface area contributed by atoms with Crippen molar-refractivity contribution in [2.75, 3.05) is 25.6 Å². The summed E-state index contributed by atoms with van der Waals surface area (Å²) < 4.78 is 11.7. The van der Waals surface area contributed by atoms with Crippen LogP contribution in [0.2, 0.25) is 0 Å². The van der Waals surface area contributed by atoms with E-state index in [0.29, 0.717) is 6.10 Å². The van der Waals surface area contributed by atoms with Gasteiger partial charge >= 0.3 is 0 Å². The van der Waals surface area contributed by atoms with Crippen LogP contribution in [0, 0.1) is 11.3 Å². The van der Waals surface area contributed by atoms with Crippen molar-refractivity contribution in [2.24, 2.45) is 11.3 Å². The molecule has 2 atom stereocenters. The molecular formula is C15H28O2S. The Morgan fingerprint density at radius 2 is 2.06 bits per heavy atom. The first-order chi connectivity index (χ1) is 8.78. The predicted octanol–water partition coefficient (Wildman–Crippen LogP) is 3.70. The molecule has 1 saturated carbocycles. The maximum Gasteiger partial charge on any atom is 0.0578 e. The molecule has 2 fully saturated rings. The topological polar surface area (TPSA) is 18.5 Å². The smallest absolute Gasteiger partial charge is 0.0578 e. The summed E-state index contributed by atoms with van der Waals surface area (Å²) in [5, 5.41) is 0. The lowest BCUT2D eigenvalue weighted by Gasteiger charge is -2.38. The molecular weight excluding hydrogens is 244 g/mol. The van der Waals surface area contributed by atoms with Gasteiger partial charge in [-0.3, -0.25) is 0 Å². The van der Waals surface area contributed by atoms with Gasteiger partial charge in [0.25, 0.3) is 0 Å². The third-order valence-electron chi connectivity index (χ3n) is 4.83. The van der Waals surface area contributed by atoms with E-state index < -0.39 is 0 Å². The second-order valence-electron chi connectivity index (χ2n) is 6.14. The Balaban J connectivity index is 1.78. The summed E-state index contributed by atoms with van der Waals surface area (Å²) in [5.41, 5.74) is 0.278. The molecule has 2 rings (SSSR count). The van der Waals surface area contributed by atoms with Gasteiger partial charge in [-0.2, -0.15) is 12.6 Å². The minimum atomic E-state index is 0.278. The lowest BCUT2D eigenvalue weighted by atomic mass is 9.82. The average molecular weight is 272 g/mol. The number of ether oxygens (including phenoxy) is 2. The van der Waals surface area contributed by atoms with Crippen LogP contribution >= 0.6 is 12.6 Å². The summed E-state index contributed by atoms with van der Waals surface area (Å²) >= 11 is 4.55. The zero-order valence-corrected chi connectivity index (χ0v) is 12.6. The number of rotatable bonds is 5. The van der Waals surface area contributed by atoms with Crippen LogP contribution < -0.4 is 0 Å². The van der Waals surface area contributed by atoms with E-state index in [1.165, 1.54) is 32.1 Å². The Bertz CT molecular complexity index is 239. The highest BCUT2D eigenvalue weighted by molar-refractivity contribution is 7.80. The zero-order chi connectivity index (χ0) is 12.8. The summed E-state index contributed by atoms with van der Waals surface area (Å²) in [5.74, 6) is 1.82. The molecule has 1 aliphatic carbocycles. The van der Waals surface area contributed by atoms with Crippen LogP contribution in [-0.2, 0) is 9.47 Å². The minimum absolute atomic E-state index is 0.278. The average Bonchev–Trinajstić information content (AvgIpc) is 2.46. The fraction of sp³-hybridized carbons (Fsp3) is 1.00. The Morgan fingerprint density at radius 3 is 2.72 bits per heavy atom. The normalized spacial score (nSPS) is 32.3. The highest BCUT2D eigenvalue weighted by Gasteiger charge is 2.33. The third kappa shape index (κ3) is 3.88. The van der Waals surface area contributed by atoms with Crippen molar-refractivity contribution in [2.45, 2.75) is 58.0 Å². The fourth-order valence-electron chi connectivity index (χ4n) is 3.21. The van der Waals surface area contributed by atoms with Gasteiger partial charge in [0.1, 0.15) is 0 Å². The minimum Gasteiger partial charge on any atom is -0.381 e. The van der Waals surface area contributed by atoms with Crippen molar-refractivity contribution in [1.82, 2.24) is 0 Å². The molecule has 0 amide bonds. The number of hydrogen-bond acceptors (Lipinski definition) is 3. The van der Waals surface area contributed by atoms with Gasteiger partial charge in [0.05, 0.1) is 12.7 Å². The van der Waals surface area contributed by atoms with E-state index in [1.807, 2.05) is 0 Å². The van der Waals surface area contributed by atoms with Gasteiger partial charge in [0.15, 0.2) is 0 Å². The molecule has 0 aromatic rings. The molecule has 2 unspecified atom stereocenters. The maximum atomic E-state index is 6.24. The molecule has 0 aromatic heterocycles. The Morgan fingerprint density at radius 1 is 1.28 bits per heavy atom. The van der Waals surface area contributed by atoms with Gasteiger partial charge in [-0.05, 0) is 37.4 Å². The van der Waals surface area contributed by atoms with E-state index in [4.69, 9.17) is 9.47 Å². The lowest BCUT2D eigenvalue weighted by molar-refractivity contribution is -0.0661. The summed E-state index contributed by atoms with van der Waals surface area (Å²) in [6, 6.07) is 0. The van der Waals surface area contributed by atoms with Crippen molar-refractivity contribution in [3.8, 4) is 0 Å². The lowest BCUT2D eigenvalue weighted by Crippen LogP contribution is -2.38. The van der Waals surface area contributed by atoms with Gasteiger partial charge in [-0.25, -0.2) is 0 Å². The summed E-state index contributed by atoms with van der Waals surface area (Å²) in [6.45, 7) is 4.96. The molecule has 2 nitrogen and oxygen atoms in total. The van der Waals surface area contributed by atoms with Gasteiger partial charge < -0.3 is 9.47 Å². The van der Waals surface area contributed by atoms with Crippen LogP contribution in [0.5, 0.6) is 0 Å². The molecule has 0 spiro atoms. The SMILES string of the molecule is CCC1CCCC(OCC2(CS)CCOCC2)C1. The maximum absolute atomic E-state index is 6.24. The van der Waals surface area contributed by atoms with E-state index in [2.05, 4.69) is 19.6 Å². The van der Waals surface area contributed by atoms with Gasteiger partial charge in [0, 0.05) is 18.6 Å². The first-order valence-electron chi connectivity index (χ1n) is 7.58. The van der Waals surface area contributed by atoms with Gasteiger partial charge in [-0.15, -0.1) is 0 Å². The highest BCUT2D eigenvalue weighted by atomic mass is 32.1. The van der Waals surface area contributed by atoms with Gasteiger partial charge in [0.2, 0.25) is 0 Å². The van der Waals surface area contributed by atoms with Gasteiger partial charge in [-0.1, -0.05) is 26.2 Å². The van der Waals surface area contributed by atoms with Crippen LogP contribution in [0.15, 0.2) is 0 Å². The Labute approximate surface area is 117 Å². The van der Waals surface area contributed by atoms with Crippen molar-refractivity contribution in [3.63, 3.8) is 0 Å². The molecule has 0 N–H and O–H groups in total. The molecule has 0 bridgehead atoms. The first kappa shape index (κ1) is 14.7. The summed E-state index contributed by atoms with van der Waals surface area (Å²) in [6.07, 6.45) is 9.32. The second-order valence-corrected chi connectivity index (χ2v) is 6.46. The zero-order valence-electron chi connectivity index (χ0n) is 11.7. The van der Waals surface area contributed by atoms with Crippen molar-refractivity contribution < 1.29 is 9.47 Å². The second kappa shape index (κ2) is 7.16. The van der Waals surface area contributed by atoms with E-state index >= 15 is 0 Å². The predicted molar refractivity (Wildman–Crippen MR) is 78.3 cm³/mol. The molecule has 1 heterocycles. The Kier molecular flexibility index (Phi) is 5.84. The van der Waals surface area contributed by atoms with Crippen LogP contribution in [0.3, 0.4) is 0 Å². The van der Waals surface area contributed by atoms with Crippen LogP contribution in [0.25, 0.3) is 0 Å². The van der Waals surface area contributed by atoms with Crippen LogP contribution in [-0.4, -0.2) is 31.7 Å².